The Hall–Kier alpha value is -3.08. The molecule has 0 aliphatic carbocycles. The molecular weight excluding hydrogens is 324 g/mol. The monoisotopic (exact) mass is 346 g/mol. The first-order chi connectivity index (χ1) is 12.8. The Morgan fingerprint density at radius 2 is 1.73 bits per heavy atom. The average Bonchev–Trinajstić information content (AvgIpc) is 3.35. The summed E-state index contributed by atoms with van der Waals surface area (Å²) in [4.78, 5) is 15.0. The number of carbonyl (C=O) groups is 1. The van der Waals surface area contributed by atoms with Gasteiger partial charge in [0, 0.05) is 19.3 Å². The minimum atomic E-state index is -0.129. The number of hydrogen-bond acceptors (Lipinski definition) is 3. The molecule has 1 aromatic heterocycles. The molecule has 0 saturated carbocycles. The van der Waals surface area contributed by atoms with Crippen LogP contribution in [0.3, 0.4) is 0 Å². The smallest absolute Gasteiger partial charge is 0.258 e. The molecule has 1 amide bonds. The number of aromatic nitrogens is 2. The van der Waals surface area contributed by atoms with Gasteiger partial charge in [-0.15, -0.1) is 0 Å². The molecule has 1 aliphatic heterocycles. The third-order valence-corrected chi connectivity index (χ3v) is 4.68. The van der Waals surface area contributed by atoms with Gasteiger partial charge in [0.2, 0.25) is 0 Å². The lowest BCUT2D eigenvalue weighted by atomic mass is 10.2. The van der Waals surface area contributed by atoms with Crippen molar-refractivity contribution in [1.29, 1.82) is 0 Å². The van der Waals surface area contributed by atoms with Crippen LogP contribution in [0.15, 0.2) is 67.0 Å². The number of nitrogens with zero attached hydrogens (tertiary/aromatic N) is 3. The molecular formula is C21H22N4O. The number of hydrogen-bond donors (Lipinski definition) is 1. The molecule has 1 saturated heterocycles. The highest BCUT2D eigenvalue weighted by molar-refractivity contribution is 6.05. The van der Waals surface area contributed by atoms with Gasteiger partial charge in [-0.05, 0) is 30.5 Å². The Labute approximate surface area is 153 Å². The number of rotatable bonds is 5. The van der Waals surface area contributed by atoms with Crippen LogP contribution in [0.4, 0.5) is 11.4 Å². The van der Waals surface area contributed by atoms with Crippen LogP contribution in [-0.4, -0.2) is 28.8 Å². The van der Waals surface area contributed by atoms with E-state index in [1.54, 1.807) is 17.1 Å². The van der Waals surface area contributed by atoms with Gasteiger partial charge in [0.15, 0.2) is 0 Å². The van der Waals surface area contributed by atoms with Crippen LogP contribution < -0.4 is 10.2 Å². The first-order valence-electron chi connectivity index (χ1n) is 9.01. The van der Waals surface area contributed by atoms with Crippen LogP contribution in [0.2, 0.25) is 0 Å². The van der Waals surface area contributed by atoms with Crippen LogP contribution in [0, 0.1) is 0 Å². The number of benzene rings is 2. The molecule has 3 aromatic rings. The fourth-order valence-electron chi connectivity index (χ4n) is 3.35. The van der Waals surface area contributed by atoms with E-state index in [1.165, 1.54) is 12.8 Å². The lowest BCUT2D eigenvalue weighted by molar-refractivity contribution is 0.102. The maximum atomic E-state index is 12.7. The largest absolute Gasteiger partial charge is 0.370 e. The van der Waals surface area contributed by atoms with Crippen LogP contribution in [0.1, 0.15) is 28.8 Å². The van der Waals surface area contributed by atoms with Crippen LogP contribution in [0.25, 0.3) is 0 Å². The molecule has 0 radical (unpaired) electrons. The molecule has 1 aliphatic rings. The summed E-state index contributed by atoms with van der Waals surface area (Å²) in [5.41, 5.74) is 3.67. The fourth-order valence-corrected chi connectivity index (χ4v) is 3.35. The highest BCUT2D eigenvalue weighted by atomic mass is 16.1. The Morgan fingerprint density at radius 3 is 2.54 bits per heavy atom. The molecule has 1 fully saturated rings. The quantitative estimate of drug-likeness (QED) is 0.765. The van der Waals surface area contributed by atoms with E-state index in [-0.39, 0.29) is 5.91 Å². The molecule has 4 rings (SSSR count). The Morgan fingerprint density at radius 1 is 1.00 bits per heavy atom. The van der Waals surface area contributed by atoms with Crippen LogP contribution in [-0.2, 0) is 6.54 Å². The number of para-hydroxylation sites is 2. The average molecular weight is 346 g/mol. The second-order valence-electron chi connectivity index (χ2n) is 6.58. The lowest BCUT2D eigenvalue weighted by Crippen LogP contribution is -2.21. The normalized spacial score (nSPS) is 13.8. The van der Waals surface area contributed by atoms with Gasteiger partial charge in [0.1, 0.15) is 0 Å². The van der Waals surface area contributed by atoms with Crippen molar-refractivity contribution in [3.05, 3.63) is 78.1 Å². The first-order valence-corrected chi connectivity index (χ1v) is 9.01. The summed E-state index contributed by atoms with van der Waals surface area (Å²) in [6.45, 7) is 2.74. The number of anilines is 2. The van der Waals surface area contributed by atoms with Crippen LogP contribution in [0.5, 0.6) is 0 Å². The second kappa shape index (κ2) is 7.44. The maximum Gasteiger partial charge on any atom is 0.258 e. The standard InChI is InChI=1S/C21H22N4O/c26-21(18-14-22-25(16-18)15-17-8-2-1-3-9-17)23-19-10-4-5-11-20(19)24-12-6-7-13-24/h1-5,8-11,14,16H,6-7,12-13,15H2,(H,23,26). The first kappa shape index (κ1) is 16.4. The van der Waals surface area contributed by atoms with Crippen molar-refractivity contribution < 1.29 is 4.79 Å². The molecule has 0 atom stereocenters. The van der Waals surface area contributed by atoms with Crippen molar-refractivity contribution in [2.24, 2.45) is 0 Å². The van der Waals surface area contributed by atoms with E-state index in [9.17, 15) is 4.79 Å². The van der Waals surface area contributed by atoms with Crippen molar-refractivity contribution >= 4 is 17.3 Å². The SMILES string of the molecule is O=C(Nc1ccccc1N1CCCC1)c1cnn(Cc2ccccc2)c1. The molecule has 5 nitrogen and oxygen atoms in total. The highest BCUT2D eigenvalue weighted by Crippen LogP contribution is 2.28. The van der Waals surface area contributed by atoms with Crippen molar-refractivity contribution in [3.8, 4) is 0 Å². The Kier molecular flexibility index (Phi) is 4.69. The summed E-state index contributed by atoms with van der Waals surface area (Å²) in [7, 11) is 0. The summed E-state index contributed by atoms with van der Waals surface area (Å²) in [6, 6.07) is 18.1. The lowest BCUT2D eigenvalue weighted by Gasteiger charge is -2.21. The Balaban J connectivity index is 1.47. The van der Waals surface area contributed by atoms with Gasteiger partial charge in [-0.25, -0.2) is 0 Å². The van der Waals surface area contributed by atoms with E-state index in [1.807, 2.05) is 48.5 Å². The fraction of sp³-hybridized carbons (Fsp3) is 0.238. The molecule has 26 heavy (non-hydrogen) atoms. The van der Waals surface area contributed by atoms with E-state index in [0.717, 1.165) is 30.0 Å². The van der Waals surface area contributed by atoms with E-state index in [0.29, 0.717) is 12.1 Å². The second-order valence-corrected chi connectivity index (χ2v) is 6.58. The summed E-state index contributed by atoms with van der Waals surface area (Å²) >= 11 is 0. The zero-order chi connectivity index (χ0) is 17.8. The molecule has 5 heteroatoms. The van der Waals surface area contributed by atoms with Gasteiger partial charge in [-0.3, -0.25) is 9.48 Å². The van der Waals surface area contributed by atoms with Crippen molar-refractivity contribution in [1.82, 2.24) is 9.78 Å². The number of nitrogens with one attached hydrogen (secondary N) is 1. The van der Waals surface area contributed by atoms with Gasteiger partial charge in [0.05, 0.1) is 29.7 Å². The van der Waals surface area contributed by atoms with E-state index in [2.05, 4.69) is 21.4 Å². The van der Waals surface area contributed by atoms with Crippen molar-refractivity contribution in [2.45, 2.75) is 19.4 Å². The summed E-state index contributed by atoms with van der Waals surface area (Å²) in [5.74, 6) is -0.129. The number of carbonyl (C=O) groups excluding carboxylic acids is 1. The molecule has 0 bridgehead atoms. The van der Waals surface area contributed by atoms with E-state index >= 15 is 0 Å². The minimum Gasteiger partial charge on any atom is -0.370 e. The molecule has 2 aromatic carbocycles. The third-order valence-electron chi connectivity index (χ3n) is 4.68. The molecule has 1 N–H and O–H groups in total. The van der Waals surface area contributed by atoms with Crippen LogP contribution >= 0.6 is 0 Å². The zero-order valence-electron chi connectivity index (χ0n) is 14.6. The number of amides is 1. The minimum absolute atomic E-state index is 0.129. The van der Waals surface area contributed by atoms with Gasteiger partial charge in [-0.1, -0.05) is 42.5 Å². The van der Waals surface area contributed by atoms with E-state index in [4.69, 9.17) is 0 Å². The maximum absolute atomic E-state index is 12.7. The zero-order valence-corrected chi connectivity index (χ0v) is 14.6. The summed E-state index contributed by atoms with van der Waals surface area (Å²) in [5, 5.41) is 7.37. The Bertz CT molecular complexity index is 882. The summed E-state index contributed by atoms with van der Waals surface area (Å²) in [6.07, 6.45) is 5.82. The van der Waals surface area contributed by atoms with Crippen molar-refractivity contribution in [2.75, 3.05) is 23.3 Å². The van der Waals surface area contributed by atoms with Gasteiger partial charge in [-0.2, -0.15) is 5.10 Å². The molecule has 2 heterocycles. The molecule has 0 spiro atoms. The predicted molar refractivity (Wildman–Crippen MR) is 104 cm³/mol. The van der Waals surface area contributed by atoms with Gasteiger partial charge >= 0.3 is 0 Å². The predicted octanol–water partition coefficient (Wildman–Crippen LogP) is 3.78. The van der Waals surface area contributed by atoms with Gasteiger partial charge < -0.3 is 10.2 Å². The van der Waals surface area contributed by atoms with Crippen molar-refractivity contribution in [3.63, 3.8) is 0 Å². The third kappa shape index (κ3) is 3.61. The topological polar surface area (TPSA) is 50.2 Å². The highest BCUT2D eigenvalue weighted by Gasteiger charge is 2.17. The van der Waals surface area contributed by atoms with Gasteiger partial charge in [0.25, 0.3) is 5.91 Å². The summed E-state index contributed by atoms with van der Waals surface area (Å²) < 4.78 is 1.79. The molecule has 132 valence electrons. The van der Waals surface area contributed by atoms with E-state index < -0.39 is 0 Å². The molecule has 0 unspecified atom stereocenters.